The molecule has 2 aromatic rings. The molecule has 2 aromatic carbocycles. The average Bonchev–Trinajstić information content (AvgIpc) is 2.60. The van der Waals surface area contributed by atoms with Crippen molar-refractivity contribution in [2.45, 2.75) is 33.3 Å². The summed E-state index contributed by atoms with van der Waals surface area (Å²) >= 11 is 0. The van der Waals surface area contributed by atoms with E-state index < -0.39 is 11.9 Å². The van der Waals surface area contributed by atoms with Crippen LogP contribution in [0.2, 0.25) is 0 Å². The van der Waals surface area contributed by atoms with Crippen molar-refractivity contribution in [3.8, 4) is 11.5 Å². The third-order valence-corrected chi connectivity index (χ3v) is 3.21. The molecule has 0 aliphatic carbocycles. The van der Waals surface area contributed by atoms with Crippen LogP contribution in [0.25, 0.3) is 0 Å². The highest BCUT2D eigenvalue weighted by Crippen LogP contribution is 2.21. The lowest BCUT2D eigenvalue weighted by Crippen LogP contribution is -2.12. The van der Waals surface area contributed by atoms with Crippen LogP contribution in [0, 0.1) is 0 Å². The molecule has 0 unspecified atom stereocenters. The van der Waals surface area contributed by atoms with Crippen LogP contribution < -0.4 is 9.47 Å². The van der Waals surface area contributed by atoms with Gasteiger partial charge in [-0.15, -0.1) is 0 Å². The molecule has 0 saturated heterocycles. The normalized spacial score (nSPS) is 10.4. The SMILES string of the molecule is CCCOc1ccccc1C(=O)Oc1ccc(C(=O)OC(C)C)cc1. The van der Waals surface area contributed by atoms with E-state index in [0.717, 1.165) is 6.42 Å². The maximum Gasteiger partial charge on any atom is 0.347 e. The van der Waals surface area contributed by atoms with Crippen LogP contribution in [0.1, 0.15) is 47.9 Å². The Morgan fingerprint density at radius 3 is 2.28 bits per heavy atom. The molecule has 132 valence electrons. The summed E-state index contributed by atoms with van der Waals surface area (Å²) in [4.78, 5) is 24.2. The van der Waals surface area contributed by atoms with Crippen LogP contribution in [0.3, 0.4) is 0 Å². The number of hydrogen-bond donors (Lipinski definition) is 0. The van der Waals surface area contributed by atoms with Gasteiger partial charge in [-0.2, -0.15) is 0 Å². The van der Waals surface area contributed by atoms with E-state index in [9.17, 15) is 9.59 Å². The third-order valence-electron chi connectivity index (χ3n) is 3.21. The van der Waals surface area contributed by atoms with Gasteiger partial charge < -0.3 is 14.2 Å². The molecule has 0 aliphatic rings. The summed E-state index contributed by atoms with van der Waals surface area (Å²) in [6, 6.07) is 13.2. The Balaban J connectivity index is 2.07. The van der Waals surface area contributed by atoms with Crippen molar-refractivity contribution in [1.29, 1.82) is 0 Å². The fourth-order valence-electron chi connectivity index (χ4n) is 2.08. The number of rotatable bonds is 7. The van der Waals surface area contributed by atoms with Crippen LogP contribution in [0.15, 0.2) is 48.5 Å². The van der Waals surface area contributed by atoms with Crippen molar-refractivity contribution in [1.82, 2.24) is 0 Å². The van der Waals surface area contributed by atoms with Gasteiger partial charge in [0, 0.05) is 0 Å². The maximum absolute atomic E-state index is 12.4. The largest absolute Gasteiger partial charge is 0.493 e. The van der Waals surface area contributed by atoms with Gasteiger partial charge in [0.2, 0.25) is 0 Å². The van der Waals surface area contributed by atoms with Crippen molar-refractivity contribution < 1.29 is 23.8 Å². The number of para-hydroxylation sites is 1. The number of carbonyl (C=O) groups excluding carboxylic acids is 2. The van der Waals surface area contributed by atoms with Gasteiger partial charge in [0.05, 0.1) is 18.3 Å². The zero-order valence-corrected chi connectivity index (χ0v) is 14.7. The van der Waals surface area contributed by atoms with Gasteiger partial charge in [0.15, 0.2) is 0 Å². The highest BCUT2D eigenvalue weighted by atomic mass is 16.5. The van der Waals surface area contributed by atoms with E-state index in [1.165, 1.54) is 0 Å². The first kappa shape index (κ1) is 18.5. The molecule has 0 saturated carbocycles. The van der Waals surface area contributed by atoms with Crippen molar-refractivity contribution in [3.05, 3.63) is 59.7 Å². The monoisotopic (exact) mass is 342 g/mol. The Labute approximate surface area is 147 Å². The molecule has 0 N–H and O–H groups in total. The minimum atomic E-state index is -0.510. The Bertz CT molecular complexity index is 719. The molecule has 0 atom stereocenters. The number of esters is 2. The lowest BCUT2D eigenvalue weighted by Gasteiger charge is -2.11. The van der Waals surface area contributed by atoms with Gasteiger partial charge >= 0.3 is 11.9 Å². The molecule has 0 aliphatic heterocycles. The Hall–Kier alpha value is -2.82. The van der Waals surface area contributed by atoms with Crippen molar-refractivity contribution >= 4 is 11.9 Å². The molecule has 2 rings (SSSR count). The van der Waals surface area contributed by atoms with Gasteiger partial charge in [-0.1, -0.05) is 19.1 Å². The molecule has 0 bridgehead atoms. The molecular formula is C20H22O5. The third kappa shape index (κ3) is 5.35. The standard InChI is InChI=1S/C20H22O5/c1-4-13-23-18-8-6-5-7-17(18)20(22)25-16-11-9-15(10-12-16)19(21)24-14(2)3/h5-12,14H,4,13H2,1-3H3. The first-order valence-corrected chi connectivity index (χ1v) is 8.26. The lowest BCUT2D eigenvalue weighted by molar-refractivity contribution is 0.0378. The fraction of sp³-hybridized carbons (Fsp3) is 0.300. The highest BCUT2D eigenvalue weighted by Gasteiger charge is 2.15. The van der Waals surface area contributed by atoms with Crippen LogP contribution in [0.4, 0.5) is 0 Å². The second-order valence-electron chi connectivity index (χ2n) is 5.71. The van der Waals surface area contributed by atoms with E-state index in [1.807, 2.05) is 6.92 Å². The summed E-state index contributed by atoms with van der Waals surface area (Å²) in [6.07, 6.45) is 0.654. The second kappa shape index (κ2) is 8.87. The molecule has 0 amide bonds. The van der Waals surface area contributed by atoms with Crippen LogP contribution in [-0.2, 0) is 4.74 Å². The molecule has 0 radical (unpaired) electrons. The average molecular weight is 342 g/mol. The van der Waals surface area contributed by atoms with E-state index in [-0.39, 0.29) is 6.10 Å². The van der Waals surface area contributed by atoms with E-state index in [1.54, 1.807) is 62.4 Å². The number of hydrogen-bond acceptors (Lipinski definition) is 5. The summed E-state index contributed by atoms with van der Waals surface area (Å²) in [5.41, 5.74) is 0.763. The quantitative estimate of drug-likeness (QED) is 0.556. The lowest BCUT2D eigenvalue weighted by atomic mass is 10.2. The first-order valence-electron chi connectivity index (χ1n) is 8.26. The summed E-state index contributed by atoms with van der Waals surface area (Å²) in [7, 11) is 0. The van der Waals surface area contributed by atoms with Gasteiger partial charge in [0.25, 0.3) is 0 Å². The first-order chi connectivity index (χ1) is 12.0. The van der Waals surface area contributed by atoms with Gasteiger partial charge in [-0.25, -0.2) is 9.59 Å². The van der Waals surface area contributed by atoms with Crippen molar-refractivity contribution in [3.63, 3.8) is 0 Å². The molecule has 0 spiro atoms. The zero-order valence-electron chi connectivity index (χ0n) is 14.7. The second-order valence-corrected chi connectivity index (χ2v) is 5.71. The van der Waals surface area contributed by atoms with Crippen LogP contribution >= 0.6 is 0 Å². The van der Waals surface area contributed by atoms with Crippen LogP contribution in [-0.4, -0.2) is 24.6 Å². The van der Waals surface area contributed by atoms with E-state index in [0.29, 0.717) is 29.2 Å². The van der Waals surface area contributed by atoms with Gasteiger partial charge in [0.1, 0.15) is 17.1 Å². The molecule has 25 heavy (non-hydrogen) atoms. The molecule has 5 heteroatoms. The minimum absolute atomic E-state index is 0.190. The topological polar surface area (TPSA) is 61.8 Å². The summed E-state index contributed by atoms with van der Waals surface area (Å²) in [5.74, 6) is -0.0849. The number of ether oxygens (including phenoxy) is 3. The maximum atomic E-state index is 12.4. The molecule has 0 fully saturated rings. The highest BCUT2D eigenvalue weighted by molar-refractivity contribution is 5.94. The van der Waals surface area contributed by atoms with E-state index in [4.69, 9.17) is 14.2 Å². The summed E-state index contributed by atoms with van der Waals surface area (Å²) in [5, 5.41) is 0. The minimum Gasteiger partial charge on any atom is -0.493 e. The molecule has 5 nitrogen and oxygen atoms in total. The predicted octanol–water partition coefficient (Wildman–Crippen LogP) is 4.26. The molecular weight excluding hydrogens is 320 g/mol. The number of benzene rings is 2. The fourth-order valence-corrected chi connectivity index (χ4v) is 2.08. The van der Waals surface area contributed by atoms with Crippen LogP contribution in [0.5, 0.6) is 11.5 Å². The van der Waals surface area contributed by atoms with Gasteiger partial charge in [-0.3, -0.25) is 0 Å². The number of carbonyl (C=O) groups is 2. The molecule has 0 heterocycles. The zero-order chi connectivity index (χ0) is 18.2. The Morgan fingerprint density at radius 2 is 1.64 bits per heavy atom. The smallest absolute Gasteiger partial charge is 0.347 e. The van der Waals surface area contributed by atoms with Crippen molar-refractivity contribution in [2.24, 2.45) is 0 Å². The Kier molecular flexibility index (Phi) is 6.57. The van der Waals surface area contributed by atoms with E-state index >= 15 is 0 Å². The van der Waals surface area contributed by atoms with Crippen molar-refractivity contribution in [2.75, 3.05) is 6.61 Å². The van der Waals surface area contributed by atoms with Gasteiger partial charge in [-0.05, 0) is 56.7 Å². The summed E-state index contributed by atoms with van der Waals surface area (Å²) < 4.78 is 16.1. The van der Waals surface area contributed by atoms with E-state index in [2.05, 4.69) is 0 Å². The Morgan fingerprint density at radius 1 is 0.960 bits per heavy atom. The molecule has 0 aromatic heterocycles. The predicted molar refractivity (Wildman–Crippen MR) is 94.2 cm³/mol. The summed E-state index contributed by atoms with van der Waals surface area (Å²) in [6.45, 7) is 6.09.